The molecule has 2 aromatic heterocycles. The molecule has 0 N–H and O–H groups in total. The van der Waals surface area contributed by atoms with Crippen LogP contribution >= 0.6 is 0 Å². The third kappa shape index (κ3) is 3.51. The first-order valence-corrected chi connectivity index (χ1v) is 8.44. The van der Waals surface area contributed by atoms with Crippen LogP contribution in [0.1, 0.15) is 30.4 Å². The fraction of sp³-hybridized carbons (Fsp3) is 0.389. The summed E-state index contributed by atoms with van der Waals surface area (Å²) in [5, 5.41) is 7.90. The maximum Gasteiger partial charge on any atom is 0.246 e. The minimum absolute atomic E-state index is 0.0180. The maximum atomic E-state index is 14.5. The van der Waals surface area contributed by atoms with Gasteiger partial charge in [0.2, 0.25) is 17.7 Å². The first-order chi connectivity index (χ1) is 12.6. The van der Waals surface area contributed by atoms with E-state index in [1.54, 1.807) is 13.0 Å². The highest BCUT2D eigenvalue weighted by atomic mass is 19.1. The summed E-state index contributed by atoms with van der Waals surface area (Å²) in [4.78, 5) is 6.17. The molecule has 0 saturated carbocycles. The van der Waals surface area contributed by atoms with Crippen LogP contribution in [0.4, 0.5) is 4.39 Å². The first kappa shape index (κ1) is 16.9. The van der Waals surface area contributed by atoms with Gasteiger partial charge in [-0.2, -0.15) is 0 Å². The number of hydrogen-bond acceptors (Lipinski definition) is 7. The topological polar surface area (TPSA) is 77.4 Å². The molecule has 0 spiro atoms. The summed E-state index contributed by atoms with van der Waals surface area (Å²) < 4.78 is 31.1. The Balaban J connectivity index is 1.49. The molecule has 0 unspecified atom stereocenters. The minimum atomic E-state index is -0.311. The third-order valence-electron chi connectivity index (χ3n) is 4.28. The molecule has 0 amide bonds. The largest absolute Gasteiger partial charge is 0.445 e. The van der Waals surface area contributed by atoms with Crippen molar-refractivity contribution in [1.29, 1.82) is 0 Å². The van der Waals surface area contributed by atoms with E-state index in [-0.39, 0.29) is 18.0 Å². The predicted molar refractivity (Wildman–Crippen MR) is 89.5 cm³/mol. The summed E-state index contributed by atoms with van der Waals surface area (Å²) in [5.41, 5.74) is 1.22. The van der Waals surface area contributed by atoms with Crippen LogP contribution < -0.4 is 0 Å². The minimum Gasteiger partial charge on any atom is -0.445 e. The monoisotopic (exact) mass is 358 g/mol. The summed E-state index contributed by atoms with van der Waals surface area (Å²) in [6, 6.07) is 5.03. The van der Waals surface area contributed by atoms with E-state index in [2.05, 4.69) is 20.1 Å². The highest BCUT2D eigenvalue weighted by molar-refractivity contribution is 5.53. The summed E-state index contributed by atoms with van der Waals surface area (Å²) in [5.74, 6) is 1.08. The Hall–Kier alpha value is -2.58. The molecule has 3 aromatic rings. The van der Waals surface area contributed by atoms with Gasteiger partial charge in [0.15, 0.2) is 0 Å². The number of ether oxygens (including phenoxy) is 1. The van der Waals surface area contributed by atoms with Crippen molar-refractivity contribution in [2.24, 2.45) is 0 Å². The number of hydrogen-bond donors (Lipinski definition) is 0. The molecule has 1 aromatic carbocycles. The number of benzene rings is 1. The Morgan fingerprint density at radius 3 is 2.85 bits per heavy atom. The number of halogens is 1. The van der Waals surface area contributed by atoms with Gasteiger partial charge in [0.05, 0.1) is 12.3 Å². The number of morpholine rings is 1. The molecule has 136 valence electrons. The Labute approximate surface area is 149 Å². The summed E-state index contributed by atoms with van der Waals surface area (Å²) in [6.07, 6.45) is 2.68. The highest BCUT2D eigenvalue weighted by Crippen LogP contribution is 2.27. The SMILES string of the molecule is Cc1nnc([C@H]2CN(Cc3ccc(-c4ncco4)cc3F)C[C@@H](C)O2)o1. The van der Waals surface area contributed by atoms with E-state index in [0.717, 1.165) is 0 Å². The Morgan fingerprint density at radius 2 is 2.15 bits per heavy atom. The zero-order chi connectivity index (χ0) is 18.1. The second kappa shape index (κ2) is 6.97. The van der Waals surface area contributed by atoms with Gasteiger partial charge in [0.1, 0.15) is 18.2 Å². The molecule has 0 radical (unpaired) electrons. The average molecular weight is 358 g/mol. The van der Waals surface area contributed by atoms with Crippen molar-refractivity contribution < 1.29 is 18.0 Å². The number of aryl methyl sites for hydroxylation is 1. The van der Waals surface area contributed by atoms with E-state index in [1.807, 2.05) is 13.0 Å². The summed E-state index contributed by atoms with van der Waals surface area (Å²) >= 11 is 0. The lowest BCUT2D eigenvalue weighted by Crippen LogP contribution is -2.42. The Bertz CT molecular complexity index is 880. The van der Waals surface area contributed by atoms with E-state index in [1.165, 1.54) is 18.5 Å². The molecule has 1 saturated heterocycles. The Morgan fingerprint density at radius 1 is 1.27 bits per heavy atom. The van der Waals surface area contributed by atoms with Gasteiger partial charge in [-0.1, -0.05) is 6.07 Å². The Kier molecular flexibility index (Phi) is 4.52. The van der Waals surface area contributed by atoms with Gasteiger partial charge in [0.25, 0.3) is 0 Å². The molecule has 1 aliphatic heterocycles. The molecule has 7 nitrogen and oxygen atoms in total. The van der Waals surface area contributed by atoms with E-state index in [9.17, 15) is 4.39 Å². The summed E-state index contributed by atoms with van der Waals surface area (Å²) in [6.45, 7) is 5.45. The van der Waals surface area contributed by atoms with Crippen molar-refractivity contribution in [2.45, 2.75) is 32.6 Å². The molecule has 4 rings (SSSR count). The van der Waals surface area contributed by atoms with Crippen molar-refractivity contribution in [3.63, 3.8) is 0 Å². The van der Waals surface area contributed by atoms with E-state index >= 15 is 0 Å². The quantitative estimate of drug-likeness (QED) is 0.709. The van der Waals surface area contributed by atoms with Crippen LogP contribution in [0.2, 0.25) is 0 Å². The van der Waals surface area contributed by atoms with Gasteiger partial charge in [0, 0.05) is 37.7 Å². The lowest BCUT2D eigenvalue weighted by Gasteiger charge is -2.35. The molecule has 2 atom stereocenters. The van der Waals surface area contributed by atoms with Crippen molar-refractivity contribution in [3.8, 4) is 11.5 Å². The van der Waals surface area contributed by atoms with E-state index in [4.69, 9.17) is 13.6 Å². The lowest BCUT2D eigenvalue weighted by atomic mass is 10.1. The third-order valence-corrected chi connectivity index (χ3v) is 4.28. The molecule has 3 heterocycles. The van der Waals surface area contributed by atoms with Crippen LogP contribution in [-0.2, 0) is 11.3 Å². The fourth-order valence-corrected chi connectivity index (χ4v) is 3.16. The number of rotatable bonds is 4. The lowest BCUT2D eigenvalue weighted by molar-refractivity contribution is -0.0919. The standard InChI is InChI=1S/C18H19FN4O3/c1-11-8-23(10-16(25-11)18-22-21-12(2)26-18)9-14-4-3-13(7-15(14)19)17-20-5-6-24-17/h3-7,11,16H,8-10H2,1-2H3/t11-,16-/m1/s1. The van der Waals surface area contributed by atoms with Gasteiger partial charge in [-0.3, -0.25) is 4.90 Å². The second-order valence-corrected chi connectivity index (χ2v) is 6.43. The average Bonchev–Trinajstić information content (AvgIpc) is 3.28. The van der Waals surface area contributed by atoms with Crippen molar-refractivity contribution >= 4 is 0 Å². The van der Waals surface area contributed by atoms with Gasteiger partial charge in [-0.25, -0.2) is 9.37 Å². The smallest absolute Gasteiger partial charge is 0.246 e. The van der Waals surface area contributed by atoms with Crippen molar-refractivity contribution in [1.82, 2.24) is 20.1 Å². The van der Waals surface area contributed by atoms with Gasteiger partial charge in [-0.05, 0) is 19.1 Å². The number of aromatic nitrogens is 3. The van der Waals surface area contributed by atoms with Gasteiger partial charge >= 0.3 is 0 Å². The van der Waals surface area contributed by atoms with Crippen LogP contribution in [0.3, 0.4) is 0 Å². The number of nitrogens with zero attached hydrogens (tertiary/aromatic N) is 4. The molecule has 26 heavy (non-hydrogen) atoms. The summed E-state index contributed by atoms with van der Waals surface area (Å²) in [7, 11) is 0. The van der Waals surface area contributed by atoms with Crippen LogP contribution in [0.5, 0.6) is 0 Å². The second-order valence-electron chi connectivity index (χ2n) is 6.43. The molecular weight excluding hydrogens is 339 g/mol. The van der Waals surface area contributed by atoms with Crippen LogP contribution in [0.25, 0.3) is 11.5 Å². The molecule has 1 aliphatic rings. The maximum absolute atomic E-state index is 14.5. The zero-order valence-electron chi connectivity index (χ0n) is 14.6. The van der Waals surface area contributed by atoms with E-state index in [0.29, 0.717) is 48.4 Å². The highest BCUT2D eigenvalue weighted by Gasteiger charge is 2.30. The van der Waals surface area contributed by atoms with Crippen LogP contribution in [0.15, 0.2) is 39.5 Å². The van der Waals surface area contributed by atoms with E-state index < -0.39 is 0 Å². The fourth-order valence-electron chi connectivity index (χ4n) is 3.16. The van der Waals surface area contributed by atoms with Crippen molar-refractivity contribution in [3.05, 3.63) is 53.8 Å². The molecular formula is C18H19FN4O3. The first-order valence-electron chi connectivity index (χ1n) is 8.44. The predicted octanol–water partition coefficient (Wildman–Crippen LogP) is 3.13. The van der Waals surface area contributed by atoms with Gasteiger partial charge in [-0.15, -0.1) is 10.2 Å². The van der Waals surface area contributed by atoms with Crippen molar-refractivity contribution in [2.75, 3.05) is 13.1 Å². The van der Waals surface area contributed by atoms with Crippen LogP contribution in [0, 0.1) is 12.7 Å². The normalized spacial score (nSPS) is 21.2. The molecule has 0 bridgehead atoms. The van der Waals surface area contributed by atoms with Gasteiger partial charge < -0.3 is 13.6 Å². The molecule has 1 fully saturated rings. The zero-order valence-corrected chi connectivity index (χ0v) is 14.6. The molecule has 0 aliphatic carbocycles. The number of oxazole rings is 1. The van der Waals surface area contributed by atoms with Crippen LogP contribution in [-0.4, -0.2) is 39.3 Å². The molecule has 8 heteroatoms.